The molecule has 0 saturated carbocycles. The number of hydrogen-bond donors (Lipinski definition) is 2. The summed E-state index contributed by atoms with van der Waals surface area (Å²) in [4.78, 5) is 0. The normalized spacial score (nSPS) is 10.3. The molecule has 0 spiro atoms. The molecular weight excluding hydrogens is 200 g/mol. The van der Waals surface area contributed by atoms with Crippen molar-refractivity contribution in [3.05, 3.63) is 53.3 Å². The van der Waals surface area contributed by atoms with Crippen LogP contribution in [0.4, 0.5) is 0 Å². The average molecular weight is 214 g/mol. The highest BCUT2D eigenvalue weighted by Crippen LogP contribution is 2.06. The molecule has 0 amide bonds. The maximum absolute atomic E-state index is 7.37. The van der Waals surface area contributed by atoms with E-state index in [9.17, 15) is 0 Å². The molecule has 2 rings (SSSR count). The molecule has 2 aromatic rings. The summed E-state index contributed by atoms with van der Waals surface area (Å²) in [6.07, 6.45) is 1.94. The van der Waals surface area contributed by atoms with Gasteiger partial charge in [0.2, 0.25) is 0 Å². The summed E-state index contributed by atoms with van der Waals surface area (Å²) in [5.41, 5.74) is 8.29. The topological polar surface area (TPSA) is 67.7 Å². The molecular formula is C12H14N4. The van der Waals surface area contributed by atoms with E-state index < -0.39 is 0 Å². The summed E-state index contributed by atoms with van der Waals surface area (Å²) in [7, 11) is 0. The quantitative estimate of drug-likeness (QED) is 0.601. The first-order chi connectivity index (χ1) is 7.65. The molecule has 0 bridgehead atoms. The first-order valence-electron chi connectivity index (χ1n) is 5.08. The van der Waals surface area contributed by atoms with Crippen molar-refractivity contribution < 1.29 is 0 Å². The van der Waals surface area contributed by atoms with Gasteiger partial charge in [0.05, 0.1) is 12.2 Å². The molecule has 0 aliphatic heterocycles. The Balaban J connectivity index is 2.21. The standard InChI is InChI=1S/C12H14N4/c1-9-5-6-16(15-9)8-10-3-2-4-11(7-10)12(13)14/h2-7H,8H2,1H3,(H3,13,14). The third kappa shape index (κ3) is 2.28. The van der Waals surface area contributed by atoms with Crippen molar-refractivity contribution in [2.45, 2.75) is 13.5 Å². The molecule has 4 heteroatoms. The lowest BCUT2D eigenvalue weighted by molar-refractivity contribution is 0.679. The Labute approximate surface area is 94.2 Å². The minimum absolute atomic E-state index is 0.0958. The van der Waals surface area contributed by atoms with Gasteiger partial charge in [0, 0.05) is 11.8 Å². The Morgan fingerprint density at radius 3 is 2.88 bits per heavy atom. The Hall–Kier alpha value is -2.10. The van der Waals surface area contributed by atoms with E-state index in [4.69, 9.17) is 11.1 Å². The van der Waals surface area contributed by atoms with Crippen LogP contribution >= 0.6 is 0 Å². The van der Waals surface area contributed by atoms with Crippen LogP contribution in [-0.2, 0) is 6.54 Å². The van der Waals surface area contributed by atoms with Gasteiger partial charge in [0.25, 0.3) is 0 Å². The Bertz CT molecular complexity index is 513. The molecule has 4 nitrogen and oxygen atoms in total. The van der Waals surface area contributed by atoms with Crippen molar-refractivity contribution in [2.75, 3.05) is 0 Å². The van der Waals surface area contributed by atoms with Crippen molar-refractivity contribution in [3.8, 4) is 0 Å². The van der Waals surface area contributed by atoms with Gasteiger partial charge in [-0.1, -0.05) is 18.2 Å². The van der Waals surface area contributed by atoms with Crippen LogP contribution in [0, 0.1) is 12.3 Å². The Morgan fingerprint density at radius 1 is 1.44 bits per heavy atom. The molecule has 0 unspecified atom stereocenters. The van der Waals surface area contributed by atoms with Gasteiger partial charge in [0.15, 0.2) is 0 Å². The van der Waals surface area contributed by atoms with Crippen LogP contribution < -0.4 is 5.73 Å². The summed E-state index contributed by atoms with van der Waals surface area (Å²) in [5.74, 6) is 0.0958. The van der Waals surface area contributed by atoms with Crippen molar-refractivity contribution in [2.24, 2.45) is 5.73 Å². The van der Waals surface area contributed by atoms with E-state index in [-0.39, 0.29) is 5.84 Å². The average Bonchev–Trinajstić information content (AvgIpc) is 2.64. The zero-order valence-corrected chi connectivity index (χ0v) is 9.14. The lowest BCUT2D eigenvalue weighted by Gasteiger charge is -2.04. The second-order valence-electron chi connectivity index (χ2n) is 3.77. The molecule has 1 aromatic carbocycles. The maximum atomic E-state index is 7.37. The second kappa shape index (κ2) is 4.18. The van der Waals surface area contributed by atoms with Crippen molar-refractivity contribution in [1.82, 2.24) is 9.78 Å². The summed E-state index contributed by atoms with van der Waals surface area (Å²) < 4.78 is 1.87. The predicted octanol–water partition coefficient (Wildman–Crippen LogP) is 1.52. The molecule has 0 saturated heterocycles. The van der Waals surface area contributed by atoms with Crippen LogP contribution in [-0.4, -0.2) is 15.6 Å². The van der Waals surface area contributed by atoms with E-state index in [2.05, 4.69) is 5.10 Å². The number of nitrogen functional groups attached to an aromatic ring is 1. The fourth-order valence-electron chi connectivity index (χ4n) is 1.58. The van der Waals surface area contributed by atoms with Crippen LogP contribution in [0.25, 0.3) is 0 Å². The fourth-order valence-corrected chi connectivity index (χ4v) is 1.58. The SMILES string of the molecule is Cc1ccn(Cc2cccc(C(=N)N)c2)n1. The van der Waals surface area contributed by atoms with Gasteiger partial charge in [-0.3, -0.25) is 10.1 Å². The van der Waals surface area contributed by atoms with Crippen molar-refractivity contribution in [1.29, 1.82) is 5.41 Å². The number of nitrogens with two attached hydrogens (primary N) is 1. The summed E-state index contributed by atoms with van der Waals surface area (Å²) >= 11 is 0. The molecule has 3 N–H and O–H groups in total. The van der Waals surface area contributed by atoms with Gasteiger partial charge < -0.3 is 5.73 Å². The Morgan fingerprint density at radius 2 is 2.25 bits per heavy atom. The monoisotopic (exact) mass is 214 g/mol. The number of benzene rings is 1. The third-order valence-corrected chi connectivity index (χ3v) is 2.36. The lowest BCUT2D eigenvalue weighted by Crippen LogP contribution is -2.11. The van der Waals surface area contributed by atoms with E-state index in [0.29, 0.717) is 6.54 Å². The first-order valence-corrected chi connectivity index (χ1v) is 5.08. The van der Waals surface area contributed by atoms with Gasteiger partial charge in [-0.25, -0.2) is 0 Å². The second-order valence-corrected chi connectivity index (χ2v) is 3.77. The van der Waals surface area contributed by atoms with Crippen LogP contribution in [0.15, 0.2) is 36.5 Å². The zero-order chi connectivity index (χ0) is 11.5. The number of aromatic nitrogens is 2. The summed E-state index contributed by atoms with van der Waals surface area (Å²) in [6.45, 7) is 2.66. The fraction of sp³-hybridized carbons (Fsp3) is 0.167. The molecule has 0 aliphatic carbocycles. The molecule has 0 radical (unpaired) electrons. The van der Waals surface area contributed by atoms with Crippen LogP contribution in [0.1, 0.15) is 16.8 Å². The number of hydrogen-bond acceptors (Lipinski definition) is 2. The van der Waals surface area contributed by atoms with Gasteiger partial charge >= 0.3 is 0 Å². The van der Waals surface area contributed by atoms with E-state index in [1.54, 1.807) is 0 Å². The molecule has 0 atom stereocenters. The molecule has 1 aromatic heterocycles. The Kier molecular flexibility index (Phi) is 2.72. The smallest absolute Gasteiger partial charge is 0.122 e. The van der Waals surface area contributed by atoms with Gasteiger partial charge in [-0.2, -0.15) is 5.10 Å². The van der Waals surface area contributed by atoms with Crippen LogP contribution in [0.2, 0.25) is 0 Å². The van der Waals surface area contributed by atoms with Gasteiger partial charge in [0.1, 0.15) is 5.84 Å². The first kappa shape index (κ1) is 10.4. The summed E-state index contributed by atoms with van der Waals surface area (Å²) in [5, 5.41) is 11.7. The molecule has 82 valence electrons. The van der Waals surface area contributed by atoms with Crippen molar-refractivity contribution in [3.63, 3.8) is 0 Å². The van der Waals surface area contributed by atoms with Gasteiger partial charge in [-0.05, 0) is 24.6 Å². The lowest BCUT2D eigenvalue weighted by atomic mass is 10.1. The van der Waals surface area contributed by atoms with Gasteiger partial charge in [-0.15, -0.1) is 0 Å². The number of nitrogens with one attached hydrogen (secondary N) is 1. The van der Waals surface area contributed by atoms with E-state index in [0.717, 1.165) is 16.8 Å². The third-order valence-electron chi connectivity index (χ3n) is 2.36. The molecule has 0 aliphatic rings. The minimum atomic E-state index is 0.0958. The van der Waals surface area contributed by atoms with E-state index >= 15 is 0 Å². The predicted molar refractivity (Wildman–Crippen MR) is 63.5 cm³/mol. The minimum Gasteiger partial charge on any atom is -0.384 e. The molecule has 1 heterocycles. The number of amidine groups is 1. The highest BCUT2D eigenvalue weighted by Gasteiger charge is 2.00. The van der Waals surface area contributed by atoms with E-state index in [1.807, 2.05) is 48.1 Å². The maximum Gasteiger partial charge on any atom is 0.122 e. The molecule has 0 fully saturated rings. The zero-order valence-electron chi connectivity index (χ0n) is 9.14. The largest absolute Gasteiger partial charge is 0.384 e. The highest BCUT2D eigenvalue weighted by molar-refractivity contribution is 5.95. The number of nitrogens with zero attached hydrogens (tertiary/aromatic N) is 2. The highest BCUT2D eigenvalue weighted by atomic mass is 15.3. The number of aryl methyl sites for hydroxylation is 1. The summed E-state index contributed by atoms with van der Waals surface area (Å²) in [6, 6.07) is 9.63. The molecule has 16 heavy (non-hydrogen) atoms. The van der Waals surface area contributed by atoms with Crippen molar-refractivity contribution >= 4 is 5.84 Å². The van der Waals surface area contributed by atoms with E-state index in [1.165, 1.54) is 0 Å². The van der Waals surface area contributed by atoms with Crippen LogP contribution in [0.5, 0.6) is 0 Å². The van der Waals surface area contributed by atoms with Crippen LogP contribution in [0.3, 0.4) is 0 Å². The number of rotatable bonds is 3.